The third-order valence-corrected chi connectivity index (χ3v) is 7.07. The van der Waals surface area contributed by atoms with Crippen molar-refractivity contribution in [2.75, 3.05) is 0 Å². The zero-order valence-corrected chi connectivity index (χ0v) is 26.2. The summed E-state index contributed by atoms with van der Waals surface area (Å²) < 4.78 is 71.0. The summed E-state index contributed by atoms with van der Waals surface area (Å²) >= 11 is 0. The normalized spacial score (nSPS) is 11.6. The van der Waals surface area contributed by atoms with E-state index in [1.807, 2.05) is 0 Å². The van der Waals surface area contributed by atoms with Gasteiger partial charge in [-0.05, 0) is 53.9 Å². The number of phenols is 2. The van der Waals surface area contributed by atoms with Gasteiger partial charge < -0.3 is 10.2 Å². The van der Waals surface area contributed by atoms with Crippen molar-refractivity contribution in [1.29, 1.82) is 0 Å². The molecule has 6 aromatic rings. The third kappa shape index (κ3) is 8.63. The quantitative estimate of drug-likeness (QED) is 0.141. The average Bonchev–Trinajstić information content (AvgIpc) is 3.59. The predicted molar refractivity (Wildman–Crippen MR) is 157 cm³/mol. The van der Waals surface area contributed by atoms with Gasteiger partial charge >= 0.3 is 38.6 Å². The standard InChI is InChI=1S/C21H18.2C7H5F3O.Zr/c1-21(2,19-11-15-7-3-4-8-16(15)12-19)20-13-17-9-5-6-10-18(17)14-20;2*8-7(9,10)5-1-3-6(11)4-2-5;/h3-14H,1-2H3;2*1-4,11H;/q-2;;;+2. The Hall–Kier alpha value is -3.84. The van der Waals surface area contributed by atoms with Crippen molar-refractivity contribution in [2.24, 2.45) is 0 Å². The number of rotatable bonds is 2. The van der Waals surface area contributed by atoms with Crippen molar-refractivity contribution in [2.45, 2.75) is 31.6 Å². The Kier molecular flexibility index (Phi) is 10.9. The molecule has 0 saturated carbocycles. The minimum Gasteiger partial charge on any atom is -0.508 e. The van der Waals surface area contributed by atoms with Gasteiger partial charge in [0.2, 0.25) is 0 Å². The number of phenolic OH excluding ortho intramolecular Hbond substituents is 2. The van der Waals surface area contributed by atoms with Crippen molar-refractivity contribution < 1.29 is 62.8 Å². The molecule has 0 radical (unpaired) electrons. The molecule has 0 saturated heterocycles. The maximum absolute atomic E-state index is 11.8. The molecule has 0 aliphatic heterocycles. The van der Waals surface area contributed by atoms with Gasteiger partial charge in [0.05, 0.1) is 11.1 Å². The Morgan fingerprint density at radius 2 is 0.818 bits per heavy atom. The molecule has 0 aliphatic carbocycles. The fourth-order valence-corrected chi connectivity index (χ4v) is 4.49. The monoisotopic (exact) mass is 684 g/mol. The molecule has 44 heavy (non-hydrogen) atoms. The molecule has 0 unspecified atom stereocenters. The zero-order chi connectivity index (χ0) is 31.4. The van der Waals surface area contributed by atoms with Crippen molar-refractivity contribution in [1.82, 2.24) is 0 Å². The van der Waals surface area contributed by atoms with Crippen LogP contribution >= 0.6 is 0 Å². The minimum atomic E-state index is -4.33. The van der Waals surface area contributed by atoms with Gasteiger partial charge in [-0.3, -0.25) is 0 Å². The Bertz CT molecular complexity index is 1580. The van der Waals surface area contributed by atoms with Crippen molar-refractivity contribution in [3.63, 3.8) is 0 Å². The molecule has 0 spiro atoms. The fourth-order valence-electron chi connectivity index (χ4n) is 4.49. The fraction of sp³-hybridized carbons (Fsp3) is 0.143. The van der Waals surface area contributed by atoms with Crippen LogP contribution in [0.2, 0.25) is 0 Å². The molecule has 6 aromatic carbocycles. The second-order valence-corrected chi connectivity index (χ2v) is 10.5. The minimum absolute atomic E-state index is 0. The molecule has 0 heterocycles. The molecule has 2 nitrogen and oxygen atoms in total. The van der Waals surface area contributed by atoms with Crippen LogP contribution in [0.4, 0.5) is 26.3 Å². The molecule has 9 heteroatoms. The predicted octanol–water partition coefficient (Wildman–Crippen LogP) is 10.6. The summed E-state index contributed by atoms with van der Waals surface area (Å²) in [7, 11) is 0. The first-order valence-electron chi connectivity index (χ1n) is 13.2. The van der Waals surface area contributed by atoms with Gasteiger partial charge in [-0.15, -0.1) is 81.2 Å². The van der Waals surface area contributed by atoms with Crippen LogP contribution in [0.5, 0.6) is 11.5 Å². The molecule has 0 amide bonds. The van der Waals surface area contributed by atoms with E-state index >= 15 is 0 Å². The average molecular weight is 686 g/mol. The number of alkyl halides is 6. The molecule has 0 aromatic heterocycles. The van der Waals surface area contributed by atoms with Crippen LogP contribution in [-0.2, 0) is 44.0 Å². The molecule has 226 valence electrons. The number of halogens is 6. The van der Waals surface area contributed by atoms with Gasteiger partial charge in [0.15, 0.2) is 0 Å². The number of fused-ring (bicyclic) bond motifs is 2. The number of aromatic hydroxyl groups is 2. The number of hydrogen-bond acceptors (Lipinski definition) is 2. The van der Waals surface area contributed by atoms with Crippen molar-refractivity contribution in [3.8, 4) is 11.5 Å². The van der Waals surface area contributed by atoms with Gasteiger partial charge in [0.1, 0.15) is 11.5 Å². The third-order valence-electron chi connectivity index (χ3n) is 7.07. The first-order valence-corrected chi connectivity index (χ1v) is 13.2. The van der Waals surface area contributed by atoms with Gasteiger partial charge in [0.25, 0.3) is 0 Å². The Morgan fingerprint density at radius 3 is 1.11 bits per heavy atom. The van der Waals surface area contributed by atoms with Crippen LogP contribution < -0.4 is 0 Å². The van der Waals surface area contributed by atoms with E-state index in [9.17, 15) is 26.3 Å². The van der Waals surface area contributed by atoms with E-state index in [1.54, 1.807) is 0 Å². The summed E-state index contributed by atoms with van der Waals surface area (Å²) in [6.07, 6.45) is -8.65. The summed E-state index contributed by atoms with van der Waals surface area (Å²) in [5.41, 5.74) is 1.29. The van der Waals surface area contributed by atoms with E-state index in [4.69, 9.17) is 10.2 Å². The van der Waals surface area contributed by atoms with Crippen LogP contribution in [0.3, 0.4) is 0 Å². The molecule has 0 aliphatic rings. The first kappa shape index (κ1) is 34.7. The summed E-state index contributed by atoms with van der Waals surface area (Å²) in [6.45, 7) is 4.63. The molecule has 2 N–H and O–H groups in total. The van der Waals surface area contributed by atoms with Gasteiger partial charge in [-0.25, -0.2) is 0 Å². The van der Waals surface area contributed by atoms with E-state index in [-0.39, 0.29) is 43.1 Å². The van der Waals surface area contributed by atoms with Crippen LogP contribution in [0, 0.1) is 0 Å². The molecular weight excluding hydrogens is 658 g/mol. The van der Waals surface area contributed by atoms with Crippen molar-refractivity contribution >= 4 is 21.5 Å². The number of hydrogen-bond donors (Lipinski definition) is 2. The zero-order valence-electron chi connectivity index (χ0n) is 23.7. The maximum Gasteiger partial charge on any atom is 2.00 e. The van der Waals surface area contributed by atoms with Gasteiger partial charge in [-0.1, -0.05) is 26.0 Å². The van der Waals surface area contributed by atoms with E-state index in [0.29, 0.717) is 0 Å². The van der Waals surface area contributed by atoms with E-state index in [2.05, 4.69) is 86.6 Å². The maximum atomic E-state index is 11.8. The summed E-state index contributed by atoms with van der Waals surface area (Å²) in [5, 5.41) is 22.6. The van der Waals surface area contributed by atoms with E-state index in [1.165, 1.54) is 32.7 Å². The van der Waals surface area contributed by atoms with E-state index in [0.717, 1.165) is 48.5 Å². The molecule has 0 bridgehead atoms. The van der Waals surface area contributed by atoms with Gasteiger partial charge in [0, 0.05) is 0 Å². The second-order valence-electron chi connectivity index (χ2n) is 10.5. The SMILES string of the molecule is CC(C)(c1cc2ccccc2[cH-]1)c1cc2ccccc2[cH-]1.Oc1ccc(C(F)(F)F)cc1.Oc1ccc(C(F)(F)F)cc1.[Zr+2]. The number of benzene rings is 4. The summed E-state index contributed by atoms with van der Waals surface area (Å²) in [6, 6.07) is 33.8. The van der Waals surface area contributed by atoms with Crippen LogP contribution in [0.25, 0.3) is 21.5 Å². The Morgan fingerprint density at radius 1 is 0.500 bits per heavy atom. The molecule has 0 fully saturated rings. The van der Waals surface area contributed by atoms with E-state index < -0.39 is 23.5 Å². The Balaban J connectivity index is 0.000000197. The second kappa shape index (κ2) is 13.9. The van der Waals surface area contributed by atoms with Crippen LogP contribution in [0.1, 0.15) is 36.1 Å². The first-order chi connectivity index (χ1) is 20.1. The molecule has 0 atom stereocenters. The molecule has 6 rings (SSSR count). The smallest absolute Gasteiger partial charge is 0.508 e. The summed E-state index contributed by atoms with van der Waals surface area (Å²) in [4.78, 5) is 0. The van der Waals surface area contributed by atoms with Crippen LogP contribution in [-0.4, -0.2) is 10.2 Å². The Labute approximate surface area is 270 Å². The molecular formula is C35H28F6O2Zr. The topological polar surface area (TPSA) is 40.5 Å². The van der Waals surface area contributed by atoms with Gasteiger partial charge in [-0.2, -0.15) is 38.5 Å². The van der Waals surface area contributed by atoms with Crippen molar-refractivity contribution in [3.05, 3.63) is 144 Å². The largest absolute Gasteiger partial charge is 2.00 e. The van der Waals surface area contributed by atoms with Crippen LogP contribution in [0.15, 0.2) is 121 Å². The summed E-state index contributed by atoms with van der Waals surface area (Å²) in [5.74, 6) is -0.337.